The van der Waals surface area contributed by atoms with Crippen molar-refractivity contribution in [3.8, 4) is 0 Å². The van der Waals surface area contributed by atoms with Crippen LogP contribution >= 0.6 is 0 Å². The summed E-state index contributed by atoms with van der Waals surface area (Å²) in [7, 11) is 0. The molecule has 0 saturated heterocycles. The van der Waals surface area contributed by atoms with Crippen LogP contribution in [-0.2, 0) is 0 Å². The lowest BCUT2D eigenvalue weighted by molar-refractivity contribution is 0.0689. The minimum absolute atomic E-state index is 0.0353. The zero-order valence-electron chi connectivity index (χ0n) is 7.10. The van der Waals surface area contributed by atoms with Gasteiger partial charge in [0.05, 0.1) is 11.7 Å². The minimum Gasteiger partial charge on any atom is -0.476 e. The van der Waals surface area contributed by atoms with Crippen LogP contribution in [-0.4, -0.2) is 20.9 Å². The maximum atomic E-state index is 10.6. The van der Waals surface area contributed by atoms with Gasteiger partial charge in [-0.15, -0.1) is 0 Å². The van der Waals surface area contributed by atoms with Crippen LogP contribution in [0.2, 0.25) is 0 Å². The number of hydrogen-bond donors (Lipinski definition) is 2. The van der Waals surface area contributed by atoms with E-state index in [1.165, 1.54) is 6.42 Å². The first kappa shape index (κ1) is 8.10. The quantitative estimate of drug-likeness (QED) is 0.709. The second-order valence-electron chi connectivity index (χ2n) is 3.30. The van der Waals surface area contributed by atoms with Crippen molar-refractivity contribution < 1.29 is 9.90 Å². The Kier molecular flexibility index (Phi) is 1.72. The lowest BCUT2D eigenvalue weighted by Crippen LogP contribution is -2.17. The molecule has 1 heterocycles. The first-order chi connectivity index (χ1) is 6.18. The molecule has 13 heavy (non-hydrogen) atoms. The van der Waals surface area contributed by atoms with Crippen molar-refractivity contribution in [2.24, 2.45) is 0 Å². The van der Waals surface area contributed by atoms with E-state index in [4.69, 9.17) is 10.8 Å². The van der Waals surface area contributed by atoms with Crippen molar-refractivity contribution in [1.29, 1.82) is 0 Å². The third kappa shape index (κ3) is 1.26. The summed E-state index contributed by atoms with van der Waals surface area (Å²) in [6.45, 7) is 0. The van der Waals surface area contributed by atoms with E-state index < -0.39 is 5.97 Å². The molecule has 2 rings (SSSR count). The van der Waals surface area contributed by atoms with E-state index in [0.29, 0.717) is 6.04 Å². The van der Waals surface area contributed by atoms with Gasteiger partial charge in [-0.2, -0.15) is 5.10 Å². The summed E-state index contributed by atoms with van der Waals surface area (Å²) in [5.74, 6) is -1.06. The Labute approximate surface area is 75.2 Å². The second-order valence-corrected chi connectivity index (χ2v) is 3.30. The summed E-state index contributed by atoms with van der Waals surface area (Å²) in [5, 5.41) is 12.6. The maximum absolute atomic E-state index is 10.6. The molecule has 1 fully saturated rings. The second kappa shape index (κ2) is 2.76. The normalized spacial score (nSPS) is 16.9. The molecule has 0 radical (unpaired) electrons. The number of carboxylic acids is 1. The van der Waals surface area contributed by atoms with E-state index >= 15 is 0 Å². The highest BCUT2D eigenvalue weighted by Gasteiger charge is 2.23. The predicted octanol–water partition coefficient (Wildman–Crippen LogP) is 0.889. The highest BCUT2D eigenvalue weighted by Crippen LogP contribution is 2.31. The third-order valence-electron chi connectivity index (χ3n) is 2.41. The van der Waals surface area contributed by atoms with E-state index in [2.05, 4.69) is 5.10 Å². The Hall–Kier alpha value is -1.52. The Bertz CT molecular complexity index is 341. The number of rotatable bonds is 2. The van der Waals surface area contributed by atoms with E-state index in [1.807, 2.05) is 0 Å². The maximum Gasteiger partial charge on any atom is 0.358 e. The van der Waals surface area contributed by atoms with Gasteiger partial charge in [0.25, 0.3) is 0 Å². The van der Waals surface area contributed by atoms with E-state index in [9.17, 15) is 4.79 Å². The van der Waals surface area contributed by atoms with E-state index in [1.54, 1.807) is 10.9 Å². The third-order valence-corrected chi connectivity index (χ3v) is 2.41. The molecule has 1 aromatic heterocycles. The molecule has 5 heteroatoms. The molecule has 0 aromatic carbocycles. The van der Waals surface area contributed by atoms with Crippen LogP contribution in [0.15, 0.2) is 6.20 Å². The molecule has 0 atom stereocenters. The largest absolute Gasteiger partial charge is 0.476 e. The zero-order chi connectivity index (χ0) is 9.42. The van der Waals surface area contributed by atoms with Crippen molar-refractivity contribution in [2.75, 3.05) is 5.73 Å². The number of nitrogens with two attached hydrogens (primary N) is 1. The number of carbonyl (C=O) groups is 1. The van der Waals surface area contributed by atoms with E-state index in [-0.39, 0.29) is 11.4 Å². The van der Waals surface area contributed by atoms with Gasteiger partial charge in [-0.25, -0.2) is 4.79 Å². The Morgan fingerprint density at radius 1 is 1.69 bits per heavy atom. The molecule has 1 aliphatic rings. The molecular weight excluding hydrogens is 170 g/mol. The van der Waals surface area contributed by atoms with Gasteiger partial charge >= 0.3 is 5.97 Å². The molecule has 1 aliphatic carbocycles. The SMILES string of the molecule is Nc1cn(C2CCC2)nc1C(=O)O. The van der Waals surface area contributed by atoms with Gasteiger partial charge in [-0.3, -0.25) is 4.68 Å². The van der Waals surface area contributed by atoms with Crippen molar-refractivity contribution in [1.82, 2.24) is 9.78 Å². The molecule has 0 aliphatic heterocycles. The number of nitrogens with zero attached hydrogens (tertiary/aromatic N) is 2. The van der Waals surface area contributed by atoms with Gasteiger partial charge in [0, 0.05) is 6.20 Å². The smallest absolute Gasteiger partial charge is 0.358 e. The molecular formula is C8H11N3O2. The summed E-state index contributed by atoms with van der Waals surface area (Å²) in [6.07, 6.45) is 4.93. The molecule has 70 valence electrons. The molecule has 1 aromatic rings. The molecule has 3 N–H and O–H groups in total. The minimum atomic E-state index is -1.06. The monoisotopic (exact) mass is 181 g/mol. The summed E-state index contributed by atoms with van der Waals surface area (Å²) in [5.41, 5.74) is 5.71. The van der Waals surface area contributed by atoms with Crippen molar-refractivity contribution in [2.45, 2.75) is 25.3 Å². The van der Waals surface area contributed by atoms with Gasteiger partial charge in [-0.1, -0.05) is 0 Å². The van der Waals surface area contributed by atoms with Crippen LogP contribution in [0.5, 0.6) is 0 Å². The zero-order valence-corrected chi connectivity index (χ0v) is 7.10. The van der Waals surface area contributed by atoms with Crippen LogP contribution in [0, 0.1) is 0 Å². The molecule has 1 saturated carbocycles. The predicted molar refractivity (Wildman–Crippen MR) is 46.5 cm³/mol. The lowest BCUT2D eigenvalue weighted by Gasteiger charge is -2.25. The fraction of sp³-hybridized carbons (Fsp3) is 0.500. The highest BCUT2D eigenvalue weighted by atomic mass is 16.4. The summed E-state index contributed by atoms with van der Waals surface area (Å²) >= 11 is 0. The van der Waals surface area contributed by atoms with Crippen molar-refractivity contribution in [3.05, 3.63) is 11.9 Å². The number of aromatic nitrogens is 2. The Balaban J connectivity index is 2.28. The van der Waals surface area contributed by atoms with Crippen LogP contribution in [0.25, 0.3) is 0 Å². The molecule has 0 unspecified atom stereocenters. The highest BCUT2D eigenvalue weighted by molar-refractivity contribution is 5.91. The van der Waals surface area contributed by atoms with Gasteiger partial charge in [0.2, 0.25) is 0 Å². The topological polar surface area (TPSA) is 81.1 Å². The van der Waals surface area contributed by atoms with Crippen LogP contribution in [0.4, 0.5) is 5.69 Å². The number of carboxylic acid groups (broad SMARTS) is 1. The molecule has 0 bridgehead atoms. The van der Waals surface area contributed by atoms with Gasteiger partial charge in [0.1, 0.15) is 0 Å². The van der Waals surface area contributed by atoms with Crippen molar-refractivity contribution in [3.63, 3.8) is 0 Å². The van der Waals surface area contributed by atoms with Gasteiger partial charge < -0.3 is 10.8 Å². The number of anilines is 1. The van der Waals surface area contributed by atoms with E-state index in [0.717, 1.165) is 12.8 Å². The van der Waals surface area contributed by atoms with Crippen LogP contribution in [0.1, 0.15) is 35.8 Å². The van der Waals surface area contributed by atoms with Crippen LogP contribution in [0.3, 0.4) is 0 Å². The number of hydrogen-bond acceptors (Lipinski definition) is 3. The molecule has 5 nitrogen and oxygen atoms in total. The molecule has 0 spiro atoms. The first-order valence-electron chi connectivity index (χ1n) is 4.26. The first-order valence-corrected chi connectivity index (χ1v) is 4.26. The summed E-state index contributed by atoms with van der Waals surface area (Å²) < 4.78 is 1.67. The average molecular weight is 181 g/mol. The fourth-order valence-electron chi connectivity index (χ4n) is 1.41. The summed E-state index contributed by atoms with van der Waals surface area (Å²) in [6, 6.07) is 0.357. The molecule has 0 amide bonds. The average Bonchev–Trinajstić information content (AvgIpc) is 2.27. The fourth-order valence-corrected chi connectivity index (χ4v) is 1.41. The Morgan fingerprint density at radius 3 is 2.77 bits per heavy atom. The van der Waals surface area contributed by atoms with Gasteiger partial charge in [-0.05, 0) is 19.3 Å². The Morgan fingerprint density at radius 2 is 2.38 bits per heavy atom. The number of aromatic carboxylic acids is 1. The van der Waals surface area contributed by atoms with Crippen LogP contribution < -0.4 is 5.73 Å². The van der Waals surface area contributed by atoms with Crippen molar-refractivity contribution >= 4 is 11.7 Å². The summed E-state index contributed by atoms with van der Waals surface area (Å²) in [4.78, 5) is 10.6. The standard InChI is InChI=1S/C8H11N3O2/c9-6-4-11(5-2-1-3-5)10-7(6)8(12)13/h4-5H,1-3,9H2,(H,12,13). The number of nitrogen functional groups attached to an aromatic ring is 1. The lowest BCUT2D eigenvalue weighted by atomic mass is 9.93. The van der Waals surface area contributed by atoms with Gasteiger partial charge in [0.15, 0.2) is 5.69 Å².